The molecule has 0 aliphatic heterocycles. The fourth-order valence-corrected chi connectivity index (χ4v) is 5.05. The van der Waals surface area contributed by atoms with Gasteiger partial charge in [0.15, 0.2) is 12.4 Å². The molecular formula is C21H25ClN2O6S. The Balaban J connectivity index is 2.24. The second-order valence-corrected chi connectivity index (χ2v) is 9.26. The molecule has 0 fully saturated rings. The van der Waals surface area contributed by atoms with Crippen LogP contribution in [-0.2, 0) is 14.8 Å². The third-order valence-corrected chi connectivity index (χ3v) is 7.28. The van der Waals surface area contributed by atoms with Crippen LogP contribution in [0, 0.1) is 13.8 Å². The van der Waals surface area contributed by atoms with Crippen LogP contribution in [0.5, 0.6) is 0 Å². The predicted molar refractivity (Wildman–Crippen MR) is 116 cm³/mol. The molecule has 0 saturated carbocycles. The lowest BCUT2D eigenvalue weighted by Crippen LogP contribution is -2.30. The number of Topliss-reactive ketones (excluding diaryl/α,β-unsaturated/α-hetero) is 2. The Morgan fingerprint density at radius 3 is 2.26 bits per heavy atom. The lowest BCUT2D eigenvalue weighted by Gasteiger charge is -2.19. The van der Waals surface area contributed by atoms with E-state index in [0.29, 0.717) is 16.8 Å². The van der Waals surface area contributed by atoms with Crippen LogP contribution in [0.15, 0.2) is 23.1 Å². The highest BCUT2D eigenvalue weighted by Crippen LogP contribution is 2.24. The van der Waals surface area contributed by atoms with Crippen molar-refractivity contribution in [1.29, 1.82) is 0 Å². The highest BCUT2D eigenvalue weighted by Gasteiger charge is 2.25. The van der Waals surface area contributed by atoms with Crippen LogP contribution < -0.4 is 0 Å². The van der Waals surface area contributed by atoms with Crippen molar-refractivity contribution in [2.75, 3.05) is 19.7 Å². The van der Waals surface area contributed by atoms with Crippen LogP contribution in [0.4, 0.5) is 0 Å². The van der Waals surface area contributed by atoms with Gasteiger partial charge < -0.3 is 9.72 Å². The van der Waals surface area contributed by atoms with Gasteiger partial charge >= 0.3 is 5.97 Å². The second kappa shape index (κ2) is 9.76. The topological polar surface area (TPSA) is 114 Å². The lowest BCUT2D eigenvalue weighted by atomic mass is 10.1. The first-order valence-corrected chi connectivity index (χ1v) is 11.5. The number of sulfonamides is 1. The Labute approximate surface area is 186 Å². The van der Waals surface area contributed by atoms with Gasteiger partial charge in [0, 0.05) is 24.3 Å². The second-order valence-electron chi connectivity index (χ2n) is 6.91. The number of carbonyl (C=O) groups is 3. The third kappa shape index (κ3) is 5.06. The standard InChI is InChI=1S/C21H25ClN2O6S/c1-6-24(7-2)31(28,29)15-8-9-17(22)16(10-15)21(27)30-11-18(26)20-12(3)19(14(5)25)13(4)23-20/h8-10,23H,6-7,11H2,1-5H3. The minimum absolute atomic E-state index is 0.00158. The zero-order valence-corrected chi connectivity index (χ0v) is 19.6. The number of aryl methyl sites for hydroxylation is 1. The number of aromatic nitrogens is 1. The van der Waals surface area contributed by atoms with Crippen molar-refractivity contribution in [2.24, 2.45) is 0 Å². The van der Waals surface area contributed by atoms with Crippen LogP contribution in [0.2, 0.25) is 5.02 Å². The first kappa shape index (κ1) is 24.8. The zero-order chi connectivity index (χ0) is 23.5. The fourth-order valence-electron chi connectivity index (χ4n) is 3.37. The molecule has 1 aromatic heterocycles. The Bertz CT molecular complexity index is 1130. The molecule has 0 aliphatic carbocycles. The Morgan fingerprint density at radius 1 is 1.13 bits per heavy atom. The number of esters is 1. The van der Waals surface area contributed by atoms with E-state index in [1.165, 1.54) is 23.4 Å². The van der Waals surface area contributed by atoms with Gasteiger partial charge in [-0.2, -0.15) is 4.31 Å². The van der Waals surface area contributed by atoms with E-state index in [0.717, 1.165) is 6.07 Å². The third-order valence-electron chi connectivity index (χ3n) is 4.90. The van der Waals surface area contributed by atoms with Gasteiger partial charge in [-0.05, 0) is 44.5 Å². The molecule has 8 nitrogen and oxygen atoms in total. The van der Waals surface area contributed by atoms with Crippen molar-refractivity contribution >= 4 is 39.2 Å². The molecule has 1 aromatic carbocycles. The lowest BCUT2D eigenvalue weighted by molar-refractivity contribution is 0.0473. The fraction of sp³-hybridized carbons (Fsp3) is 0.381. The number of H-pyrrole nitrogens is 1. The number of ketones is 2. The monoisotopic (exact) mass is 468 g/mol. The summed E-state index contributed by atoms with van der Waals surface area (Å²) in [7, 11) is -3.80. The number of rotatable bonds is 9. The maximum atomic E-state index is 12.7. The summed E-state index contributed by atoms with van der Waals surface area (Å²) < 4.78 is 31.7. The summed E-state index contributed by atoms with van der Waals surface area (Å²) in [5.74, 6) is -1.63. The van der Waals surface area contributed by atoms with E-state index < -0.39 is 28.4 Å². The van der Waals surface area contributed by atoms with E-state index in [2.05, 4.69) is 4.98 Å². The van der Waals surface area contributed by atoms with Crippen LogP contribution in [0.3, 0.4) is 0 Å². The Morgan fingerprint density at radius 2 is 1.74 bits per heavy atom. The van der Waals surface area contributed by atoms with Gasteiger partial charge in [0.1, 0.15) is 0 Å². The molecule has 0 radical (unpaired) electrons. The minimum atomic E-state index is -3.80. The molecule has 0 spiro atoms. The molecule has 168 valence electrons. The molecule has 1 N–H and O–H groups in total. The summed E-state index contributed by atoms with van der Waals surface area (Å²) in [6, 6.07) is 3.75. The van der Waals surface area contributed by atoms with E-state index in [1.807, 2.05) is 0 Å². The SMILES string of the molecule is CCN(CC)S(=O)(=O)c1ccc(Cl)c(C(=O)OCC(=O)c2[nH]c(C)c(C(C)=O)c2C)c1. The molecule has 0 amide bonds. The molecule has 10 heteroatoms. The molecule has 0 unspecified atom stereocenters. The number of ether oxygens (including phenoxy) is 1. The minimum Gasteiger partial charge on any atom is -0.454 e. The van der Waals surface area contributed by atoms with Gasteiger partial charge in [0.2, 0.25) is 15.8 Å². The molecule has 0 saturated heterocycles. The first-order chi connectivity index (χ1) is 14.4. The van der Waals surface area contributed by atoms with Crippen LogP contribution in [0.1, 0.15) is 63.2 Å². The predicted octanol–water partition coefficient (Wildman–Crippen LogP) is 3.56. The molecule has 0 atom stereocenters. The first-order valence-electron chi connectivity index (χ1n) is 9.65. The van der Waals surface area contributed by atoms with E-state index in [9.17, 15) is 22.8 Å². The number of nitrogens with one attached hydrogen (secondary N) is 1. The number of hydrogen-bond donors (Lipinski definition) is 1. The van der Waals surface area contributed by atoms with Crippen molar-refractivity contribution < 1.29 is 27.5 Å². The van der Waals surface area contributed by atoms with Gasteiger partial charge in [0.05, 0.1) is 21.2 Å². The summed E-state index contributed by atoms with van der Waals surface area (Å²) >= 11 is 6.07. The van der Waals surface area contributed by atoms with Crippen LogP contribution in [0.25, 0.3) is 0 Å². The maximum Gasteiger partial charge on any atom is 0.340 e. The van der Waals surface area contributed by atoms with Crippen molar-refractivity contribution in [3.8, 4) is 0 Å². The van der Waals surface area contributed by atoms with Crippen molar-refractivity contribution in [3.63, 3.8) is 0 Å². The molecule has 2 aromatic rings. The van der Waals surface area contributed by atoms with Crippen LogP contribution >= 0.6 is 11.6 Å². The maximum absolute atomic E-state index is 12.7. The van der Waals surface area contributed by atoms with Crippen molar-refractivity contribution in [3.05, 3.63) is 51.3 Å². The number of halogens is 1. The van der Waals surface area contributed by atoms with Gasteiger partial charge in [-0.3, -0.25) is 9.59 Å². The average Bonchev–Trinajstić information content (AvgIpc) is 3.01. The number of nitrogens with zero attached hydrogens (tertiary/aromatic N) is 1. The highest BCUT2D eigenvalue weighted by atomic mass is 35.5. The highest BCUT2D eigenvalue weighted by molar-refractivity contribution is 7.89. The zero-order valence-electron chi connectivity index (χ0n) is 18.0. The normalized spacial score (nSPS) is 11.6. The Kier molecular flexibility index (Phi) is 7.80. The number of benzene rings is 1. The summed E-state index contributed by atoms with van der Waals surface area (Å²) in [5.41, 5.74) is 1.48. The summed E-state index contributed by atoms with van der Waals surface area (Å²) in [4.78, 5) is 39.5. The van der Waals surface area contributed by atoms with Gasteiger partial charge in [0.25, 0.3) is 0 Å². The summed E-state index contributed by atoms with van der Waals surface area (Å²) in [6.07, 6.45) is 0. The quantitative estimate of drug-likeness (QED) is 0.444. The van der Waals surface area contributed by atoms with E-state index >= 15 is 0 Å². The van der Waals surface area contributed by atoms with Crippen molar-refractivity contribution in [1.82, 2.24) is 9.29 Å². The van der Waals surface area contributed by atoms with Crippen LogP contribution in [-0.4, -0.2) is 54.9 Å². The largest absolute Gasteiger partial charge is 0.454 e. The van der Waals surface area contributed by atoms with Crippen molar-refractivity contribution in [2.45, 2.75) is 39.5 Å². The average molecular weight is 469 g/mol. The Hall–Kier alpha value is -2.49. The number of carbonyl (C=O) groups excluding carboxylic acids is 3. The van der Waals surface area contributed by atoms with Gasteiger partial charge in [-0.1, -0.05) is 25.4 Å². The number of aromatic amines is 1. The van der Waals surface area contributed by atoms with Gasteiger partial charge in [-0.15, -0.1) is 0 Å². The molecule has 31 heavy (non-hydrogen) atoms. The summed E-state index contributed by atoms with van der Waals surface area (Å²) in [6.45, 7) is 8.07. The van der Waals surface area contributed by atoms with E-state index in [4.69, 9.17) is 16.3 Å². The number of hydrogen-bond acceptors (Lipinski definition) is 6. The molecular weight excluding hydrogens is 444 g/mol. The van der Waals surface area contributed by atoms with Gasteiger partial charge in [-0.25, -0.2) is 13.2 Å². The molecule has 0 bridgehead atoms. The molecule has 2 rings (SSSR count). The summed E-state index contributed by atoms with van der Waals surface area (Å²) in [5, 5.41) is 0.00158. The molecule has 1 heterocycles. The van der Waals surface area contributed by atoms with E-state index in [1.54, 1.807) is 27.7 Å². The van der Waals surface area contributed by atoms with E-state index in [-0.39, 0.29) is 40.0 Å². The molecule has 0 aliphatic rings. The smallest absolute Gasteiger partial charge is 0.340 e.